The maximum Gasteiger partial charge on any atom is 0.451 e. The van der Waals surface area contributed by atoms with Crippen molar-refractivity contribution in [2.24, 2.45) is 0 Å². The summed E-state index contributed by atoms with van der Waals surface area (Å²) >= 11 is 0. The molecule has 1 rings (SSSR count). The lowest BCUT2D eigenvalue weighted by molar-refractivity contribution is -0.145. The lowest BCUT2D eigenvalue weighted by atomic mass is 10.1. The van der Waals surface area contributed by atoms with Crippen molar-refractivity contribution in [3.63, 3.8) is 0 Å². The van der Waals surface area contributed by atoms with Crippen molar-refractivity contribution in [2.45, 2.75) is 25.6 Å². The van der Waals surface area contributed by atoms with E-state index in [-0.39, 0.29) is 11.7 Å². The van der Waals surface area contributed by atoms with Gasteiger partial charge >= 0.3 is 6.18 Å². The molecule has 0 amide bonds. The van der Waals surface area contributed by atoms with Gasteiger partial charge in [0.1, 0.15) is 5.82 Å². The molecule has 0 unspecified atom stereocenters. The van der Waals surface area contributed by atoms with Crippen LogP contribution in [0, 0.1) is 12.3 Å². The minimum Gasteiger partial charge on any atom is -0.458 e. The largest absolute Gasteiger partial charge is 0.458 e. The smallest absolute Gasteiger partial charge is 0.451 e. The van der Waals surface area contributed by atoms with E-state index in [0.29, 0.717) is 0 Å². The van der Waals surface area contributed by atoms with Crippen molar-refractivity contribution in [3.05, 3.63) is 11.9 Å². The minimum absolute atomic E-state index is 0.000136. The Balaban J connectivity index is 3.18. The van der Waals surface area contributed by atoms with Gasteiger partial charge in [-0.3, -0.25) is 0 Å². The second-order valence-corrected chi connectivity index (χ2v) is 3.92. The molecule has 0 aliphatic heterocycles. The Hall–Kier alpha value is -1.97. The third kappa shape index (κ3) is 3.52. The lowest BCUT2D eigenvalue weighted by Gasteiger charge is -2.20. The van der Waals surface area contributed by atoms with Crippen molar-refractivity contribution in [1.82, 2.24) is 9.97 Å². The van der Waals surface area contributed by atoms with Gasteiger partial charge in [0.05, 0.1) is 0 Å². The topological polar surface area (TPSA) is 47.0 Å². The maximum absolute atomic E-state index is 12.6. The first-order valence-corrected chi connectivity index (χ1v) is 4.99. The number of alkyl halides is 3. The molecule has 1 N–H and O–H groups in total. The lowest BCUT2D eigenvalue weighted by Crippen LogP contribution is -2.27. The number of hydrogen-bond donors (Lipinski definition) is 1. The van der Waals surface area contributed by atoms with Crippen molar-refractivity contribution in [3.8, 4) is 18.2 Å². The second-order valence-electron chi connectivity index (χ2n) is 3.92. The highest BCUT2D eigenvalue weighted by atomic mass is 19.4. The SMILES string of the molecule is C#CC(C)(C)Oc1cc(NC)nc(C(F)(F)F)n1. The molecule has 0 spiro atoms. The number of anilines is 1. The summed E-state index contributed by atoms with van der Waals surface area (Å²) in [7, 11) is 1.44. The molecule has 1 aromatic rings. The van der Waals surface area contributed by atoms with Gasteiger partial charge in [-0.15, -0.1) is 6.42 Å². The van der Waals surface area contributed by atoms with E-state index < -0.39 is 17.6 Å². The normalized spacial score (nSPS) is 11.8. The van der Waals surface area contributed by atoms with Gasteiger partial charge in [-0.25, -0.2) is 4.98 Å². The van der Waals surface area contributed by atoms with Crippen LogP contribution in [0.4, 0.5) is 19.0 Å². The van der Waals surface area contributed by atoms with Gasteiger partial charge in [0.25, 0.3) is 0 Å². The highest BCUT2D eigenvalue weighted by molar-refractivity contribution is 5.38. The highest BCUT2D eigenvalue weighted by Crippen LogP contribution is 2.29. The van der Waals surface area contributed by atoms with Crippen LogP contribution in [-0.2, 0) is 6.18 Å². The van der Waals surface area contributed by atoms with E-state index in [1.807, 2.05) is 0 Å². The van der Waals surface area contributed by atoms with Crippen LogP contribution in [0.1, 0.15) is 19.7 Å². The molecule has 0 radical (unpaired) electrons. The van der Waals surface area contributed by atoms with Gasteiger partial charge in [-0.05, 0) is 13.8 Å². The van der Waals surface area contributed by atoms with Crippen molar-refractivity contribution in [2.75, 3.05) is 12.4 Å². The van der Waals surface area contributed by atoms with Crippen LogP contribution in [-0.4, -0.2) is 22.6 Å². The molecular weight excluding hydrogens is 247 g/mol. The maximum atomic E-state index is 12.6. The average molecular weight is 259 g/mol. The molecule has 98 valence electrons. The van der Waals surface area contributed by atoms with Crippen LogP contribution < -0.4 is 10.1 Å². The number of aromatic nitrogens is 2. The van der Waals surface area contributed by atoms with Crippen LogP contribution in [0.15, 0.2) is 6.07 Å². The Morgan fingerprint density at radius 1 is 1.33 bits per heavy atom. The Bertz CT molecular complexity index is 477. The Morgan fingerprint density at radius 3 is 2.39 bits per heavy atom. The first-order chi connectivity index (χ1) is 8.18. The summed E-state index contributed by atoms with van der Waals surface area (Å²) in [5.74, 6) is 0.789. The third-order valence-electron chi connectivity index (χ3n) is 1.92. The van der Waals surface area contributed by atoms with E-state index in [0.717, 1.165) is 0 Å². The summed E-state index contributed by atoms with van der Waals surface area (Å²) in [5.41, 5.74) is -1.05. The van der Waals surface area contributed by atoms with E-state index in [4.69, 9.17) is 11.2 Å². The van der Waals surface area contributed by atoms with Gasteiger partial charge in [-0.2, -0.15) is 18.2 Å². The van der Waals surface area contributed by atoms with Gasteiger partial charge in [0.15, 0.2) is 5.60 Å². The van der Waals surface area contributed by atoms with E-state index >= 15 is 0 Å². The summed E-state index contributed by atoms with van der Waals surface area (Å²) in [4.78, 5) is 6.59. The molecule has 0 aliphatic carbocycles. The highest BCUT2D eigenvalue weighted by Gasteiger charge is 2.36. The fourth-order valence-electron chi connectivity index (χ4n) is 1.02. The first kappa shape index (κ1) is 14.1. The zero-order valence-electron chi connectivity index (χ0n) is 10.1. The van der Waals surface area contributed by atoms with E-state index in [9.17, 15) is 13.2 Å². The van der Waals surface area contributed by atoms with Gasteiger partial charge < -0.3 is 10.1 Å². The second kappa shape index (κ2) is 4.72. The molecule has 0 bridgehead atoms. The van der Waals surface area contributed by atoms with Gasteiger partial charge in [-0.1, -0.05) is 5.92 Å². The van der Waals surface area contributed by atoms with Crippen LogP contribution in [0.5, 0.6) is 5.88 Å². The zero-order chi connectivity index (χ0) is 14.0. The molecular formula is C11H12F3N3O. The third-order valence-corrected chi connectivity index (χ3v) is 1.92. The number of halogens is 3. The molecule has 0 saturated carbocycles. The van der Waals surface area contributed by atoms with Gasteiger partial charge in [0, 0.05) is 13.1 Å². The quantitative estimate of drug-likeness (QED) is 0.846. The summed E-state index contributed by atoms with van der Waals surface area (Å²) in [6.07, 6.45) is 0.545. The fourth-order valence-corrected chi connectivity index (χ4v) is 1.02. The number of nitrogens with one attached hydrogen (secondary N) is 1. The molecule has 0 aromatic carbocycles. The first-order valence-electron chi connectivity index (χ1n) is 4.99. The monoisotopic (exact) mass is 259 g/mol. The number of ether oxygens (including phenoxy) is 1. The molecule has 4 nitrogen and oxygen atoms in total. The molecule has 0 fully saturated rings. The molecule has 1 heterocycles. The molecule has 0 aliphatic rings. The number of terminal acetylenes is 1. The van der Waals surface area contributed by atoms with Crippen molar-refractivity contribution >= 4 is 5.82 Å². The van der Waals surface area contributed by atoms with E-state index in [2.05, 4.69) is 21.2 Å². The Labute approximate surface area is 103 Å². The van der Waals surface area contributed by atoms with E-state index in [1.54, 1.807) is 13.8 Å². The van der Waals surface area contributed by atoms with Crippen LogP contribution in [0.2, 0.25) is 0 Å². The number of hydrogen-bond acceptors (Lipinski definition) is 4. The Morgan fingerprint density at radius 2 is 1.94 bits per heavy atom. The summed E-state index contributed by atoms with van der Waals surface area (Å²) in [6.45, 7) is 3.09. The molecule has 1 aromatic heterocycles. The number of nitrogens with zero attached hydrogens (tertiary/aromatic N) is 2. The fraction of sp³-hybridized carbons (Fsp3) is 0.455. The van der Waals surface area contributed by atoms with Crippen LogP contribution in [0.25, 0.3) is 0 Å². The summed E-state index contributed by atoms with van der Waals surface area (Å²) in [6, 6.07) is 1.24. The summed E-state index contributed by atoms with van der Waals surface area (Å²) in [5, 5.41) is 2.50. The molecule has 7 heteroatoms. The van der Waals surface area contributed by atoms with Crippen LogP contribution in [0.3, 0.4) is 0 Å². The van der Waals surface area contributed by atoms with Gasteiger partial charge in [0.2, 0.25) is 11.7 Å². The number of rotatable bonds is 3. The molecule has 18 heavy (non-hydrogen) atoms. The Kier molecular flexibility index (Phi) is 3.70. The summed E-state index contributed by atoms with van der Waals surface area (Å²) < 4.78 is 42.9. The minimum atomic E-state index is -4.65. The molecule has 0 saturated heterocycles. The zero-order valence-corrected chi connectivity index (χ0v) is 10.1. The molecule has 0 atom stereocenters. The van der Waals surface area contributed by atoms with Crippen molar-refractivity contribution in [1.29, 1.82) is 0 Å². The predicted molar refractivity (Wildman–Crippen MR) is 60.1 cm³/mol. The van der Waals surface area contributed by atoms with E-state index in [1.165, 1.54) is 13.1 Å². The standard InChI is InChI=1S/C11H12F3N3O/c1-5-10(2,3)18-8-6-7(15-4)16-9(17-8)11(12,13)14/h1,6H,2-4H3,(H,15,16,17). The average Bonchev–Trinajstić information content (AvgIpc) is 2.27. The van der Waals surface area contributed by atoms with Crippen LogP contribution >= 0.6 is 0 Å². The predicted octanol–water partition coefficient (Wildman–Crippen LogP) is 2.33. The van der Waals surface area contributed by atoms with Crippen molar-refractivity contribution < 1.29 is 17.9 Å².